The molecule has 130 valence electrons. The molecule has 0 saturated heterocycles. The Kier molecular flexibility index (Phi) is 5.50. The maximum atomic E-state index is 13.0. The van der Waals surface area contributed by atoms with Crippen molar-refractivity contribution in [3.05, 3.63) is 82.9 Å². The summed E-state index contributed by atoms with van der Waals surface area (Å²) in [6.45, 7) is 4.07. The Labute approximate surface area is 150 Å². The van der Waals surface area contributed by atoms with Crippen molar-refractivity contribution in [3.63, 3.8) is 0 Å². The van der Waals surface area contributed by atoms with Gasteiger partial charge in [-0.25, -0.2) is 0 Å². The Balaban J connectivity index is 1.74. The summed E-state index contributed by atoms with van der Waals surface area (Å²) in [6, 6.07) is 15.7. The van der Waals surface area contributed by atoms with Crippen LogP contribution in [-0.2, 0) is 0 Å². The molecular weight excluding hydrogens is 308 g/mol. The Hall–Kier alpha value is -2.19. The molecule has 1 fully saturated rings. The number of hydrogen-bond donors (Lipinski definition) is 1. The molecule has 0 heterocycles. The maximum absolute atomic E-state index is 13.0. The molecule has 1 unspecified atom stereocenters. The predicted molar refractivity (Wildman–Crippen MR) is 102 cm³/mol. The van der Waals surface area contributed by atoms with Gasteiger partial charge in [-0.1, -0.05) is 66.1 Å². The fraction of sp³-hybridized carbons (Fsp3) is 0.348. The molecule has 0 amide bonds. The number of carbonyl (C=O) groups excluding carboxylic acids is 1. The topological polar surface area (TPSA) is 37.3 Å². The van der Waals surface area contributed by atoms with Crippen molar-refractivity contribution >= 4 is 5.78 Å². The number of hydrogen-bond acceptors (Lipinski definition) is 2. The zero-order valence-electron chi connectivity index (χ0n) is 15.0. The first-order valence-electron chi connectivity index (χ1n) is 9.08. The largest absolute Gasteiger partial charge is 0.384 e. The lowest BCUT2D eigenvalue weighted by Crippen LogP contribution is -2.18. The van der Waals surface area contributed by atoms with Gasteiger partial charge in [0, 0.05) is 11.5 Å². The Morgan fingerprint density at radius 1 is 1.08 bits per heavy atom. The van der Waals surface area contributed by atoms with Gasteiger partial charge in [0.2, 0.25) is 0 Å². The van der Waals surface area contributed by atoms with Crippen LogP contribution in [0.1, 0.15) is 52.4 Å². The molecule has 0 spiro atoms. The fourth-order valence-electron chi connectivity index (χ4n) is 3.88. The third kappa shape index (κ3) is 4.26. The Bertz CT molecular complexity index is 741. The van der Waals surface area contributed by atoms with Crippen molar-refractivity contribution in [2.75, 3.05) is 0 Å². The number of carbonyl (C=O) groups is 1. The average Bonchev–Trinajstić information content (AvgIpc) is 3.07. The van der Waals surface area contributed by atoms with E-state index in [1.807, 2.05) is 62.4 Å². The summed E-state index contributed by atoms with van der Waals surface area (Å²) in [4.78, 5) is 13.0. The minimum Gasteiger partial charge on any atom is -0.384 e. The van der Waals surface area contributed by atoms with Crippen molar-refractivity contribution in [2.24, 2.45) is 11.8 Å². The minimum atomic E-state index is -0.612. The summed E-state index contributed by atoms with van der Waals surface area (Å²) in [5, 5.41) is 10.3. The highest BCUT2D eigenvalue weighted by Gasteiger charge is 2.32. The molecule has 0 aliphatic heterocycles. The number of aliphatic hydroxyl groups excluding tert-OH is 1. The van der Waals surface area contributed by atoms with Crippen LogP contribution in [0.2, 0.25) is 0 Å². The van der Waals surface area contributed by atoms with Crippen LogP contribution in [-0.4, -0.2) is 10.9 Å². The molecule has 1 aliphatic carbocycles. The Morgan fingerprint density at radius 2 is 1.76 bits per heavy atom. The summed E-state index contributed by atoms with van der Waals surface area (Å²) in [7, 11) is 0. The van der Waals surface area contributed by atoms with Crippen LogP contribution in [0.4, 0.5) is 0 Å². The van der Waals surface area contributed by atoms with Crippen LogP contribution in [0.5, 0.6) is 0 Å². The molecule has 1 aliphatic rings. The van der Waals surface area contributed by atoms with Crippen molar-refractivity contribution in [1.82, 2.24) is 0 Å². The van der Waals surface area contributed by atoms with Gasteiger partial charge in [-0.3, -0.25) is 4.79 Å². The second kappa shape index (κ2) is 7.79. The van der Waals surface area contributed by atoms with Crippen LogP contribution in [0.25, 0.3) is 0 Å². The molecule has 2 aromatic rings. The van der Waals surface area contributed by atoms with Gasteiger partial charge in [0.1, 0.15) is 0 Å². The summed E-state index contributed by atoms with van der Waals surface area (Å²) < 4.78 is 0. The quantitative estimate of drug-likeness (QED) is 0.603. The second-order valence-electron chi connectivity index (χ2n) is 7.18. The van der Waals surface area contributed by atoms with E-state index >= 15 is 0 Å². The van der Waals surface area contributed by atoms with Gasteiger partial charge in [-0.05, 0) is 50.3 Å². The molecular formula is C23H26O2. The van der Waals surface area contributed by atoms with E-state index in [1.54, 1.807) is 0 Å². The molecule has 1 N–H and O–H groups in total. The highest BCUT2D eigenvalue weighted by atomic mass is 16.3. The van der Waals surface area contributed by atoms with E-state index in [-0.39, 0.29) is 17.6 Å². The van der Waals surface area contributed by atoms with Crippen molar-refractivity contribution in [1.29, 1.82) is 0 Å². The number of allylic oxidation sites excluding steroid dienone is 1. The van der Waals surface area contributed by atoms with E-state index in [9.17, 15) is 9.90 Å². The normalized spacial score (nSPS) is 21.6. The van der Waals surface area contributed by atoms with E-state index in [1.165, 1.54) is 0 Å². The molecule has 0 bridgehead atoms. The molecule has 3 rings (SSSR count). The van der Waals surface area contributed by atoms with E-state index in [2.05, 4.69) is 12.1 Å². The summed E-state index contributed by atoms with van der Waals surface area (Å²) in [5.74, 6) is 0.486. The molecule has 25 heavy (non-hydrogen) atoms. The van der Waals surface area contributed by atoms with Crippen molar-refractivity contribution in [2.45, 2.75) is 39.2 Å². The standard InChI is InChI=1S/C23H26O2/c1-16-13-17(2)15-20(14-16)23(25)21-10-6-9-18(21)11-12-22(24)19-7-4-3-5-8-19/h3-5,7-8,11-15,18,21-22,24H,6,9-10H2,1-2H3/b12-11+/t18-,21+,22?/m1/s1. The van der Waals surface area contributed by atoms with Crippen LogP contribution in [0, 0.1) is 25.7 Å². The van der Waals surface area contributed by atoms with Gasteiger partial charge in [-0.15, -0.1) is 0 Å². The first kappa shape index (κ1) is 17.6. The van der Waals surface area contributed by atoms with E-state index in [0.717, 1.165) is 41.5 Å². The first-order chi connectivity index (χ1) is 12.0. The van der Waals surface area contributed by atoms with Gasteiger partial charge in [0.05, 0.1) is 6.10 Å². The molecule has 0 radical (unpaired) electrons. The van der Waals surface area contributed by atoms with Crippen molar-refractivity contribution in [3.8, 4) is 0 Å². The van der Waals surface area contributed by atoms with Gasteiger partial charge in [0.25, 0.3) is 0 Å². The van der Waals surface area contributed by atoms with Gasteiger partial charge >= 0.3 is 0 Å². The number of benzene rings is 2. The smallest absolute Gasteiger partial charge is 0.166 e. The number of aryl methyl sites for hydroxylation is 2. The average molecular weight is 334 g/mol. The van der Waals surface area contributed by atoms with Gasteiger partial charge in [0.15, 0.2) is 5.78 Å². The van der Waals surface area contributed by atoms with E-state index in [4.69, 9.17) is 0 Å². The number of Topliss-reactive ketones (excluding diaryl/α,β-unsaturated/α-hetero) is 1. The number of aliphatic hydroxyl groups is 1. The van der Waals surface area contributed by atoms with Gasteiger partial charge in [-0.2, -0.15) is 0 Å². The fourth-order valence-corrected chi connectivity index (χ4v) is 3.88. The third-order valence-corrected chi connectivity index (χ3v) is 5.09. The predicted octanol–water partition coefficient (Wildman–Crippen LogP) is 5.19. The first-order valence-corrected chi connectivity index (χ1v) is 9.08. The summed E-state index contributed by atoms with van der Waals surface area (Å²) >= 11 is 0. The van der Waals surface area contributed by atoms with E-state index < -0.39 is 6.10 Å². The summed E-state index contributed by atoms with van der Waals surface area (Å²) in [5.41, 5.74) is 3.97. The van der Waals surface area contributed by atoms with Crippen LogP contribution in [0.15, 0.2) is 60.7 Å². The monoisotopic (exact) mass is 334 g/mol. The molecule has 2 heteroatoms. The Morgan fingerprint density at radius 3 is 2.44 bits per heavy atom. The lowest BCUT2D eigenvalue weighted by atomic mass is 9.87. The highest BCUT2D eigenvalue weighted by molar-refractivity contribution is 5.98. The zero-order chi connectivity index (χ0) is 17.8. The number of ketones is 1. The van der Waals surface area contributed by atoms with E-state index in [0.29, 0.717) is 0 Å². The SMILES string of the molecule is Cc1cc(C)cc(C(=O)[C@H]2CCC[C@@H]2/C=C/C(O)c2ccccc2)c1. The lowest BCUT2D eigenvalue weighted by Gasteiger charge is -2.16. The second-order valence-corrected chi connectivity index (χ2v) is 7.18. The summed E-state index contributed by atoms with van der Waals surface area (Å²) in [6.07, 6.45) is 6.29. The van der Waals surface area contributed by atoms with Crippen LogP contribution >= 0.6 is 0 Å². The van der Waals surface area contributed by atoms with Crippen LogP contribution in [0.3, 0.4) is 0 Å². The molecule has 0 aromatic heterocycles. The van der Waals surface area contributed by atoms with Gasteiger partial charge < -0.3 is 5.11 Å². The molecule has 3 atom stereocenters. The molecule has 2 nitrogen and oxygen atoms in total. The lowest BCUT2D eigenvalue weighted by molar-refractivity contribution is 0.0904. The highest BCUT2D eigenvalue weighted by Crippen LogP contribution is 2.36. The van der Waals surface area contributed by atoms with Crippen molar-refractivity contribution < 1.29 is 9.90 Å². The minimum absolute atomic E-state index is 0.0282. The van der Waals surface area contributed by atoms with Crippen LogP contribution < -0.4 is 0 Å². The molecule has 1 saturated carbocycles. The molecule has 2 aromatic carbocycles. The zero-order valence-corrected chi connectivity index (χ0v) is 15.0. The third-order valence-electron chi connectivity index (χ3n) is 5.09. The number of rotatable bonds is 5. The maximum Gasteiger partial charge on any atom is 0.166 e.